The smallest absolute Gasteiger partial charge is 0.122 e. The molecule has 0 saturated carbocycles. The molecule has 21 heavy (non-hydrogen) atoms. The molecule has 2 aromatic rings. The molecule has 0 bridgehead atoms. The summed E-state index contributed by atoms with van der Waals surface area (Å²) in [5, 5.41) is 0.105. The Morgan fingerprint density at radius 3 is 2.19 bits per heavy atom. The van der Waals surface area contributed by atoms with Crippen molar-refractivity contribution in [3.8, 4) is 11.5 Å². The number of hydrogen-bond donors (Lipinski definition) is 0. The maximum Gasteiger partial charge on any atom is 0.122 e. The number of rotatable bonds is 6. The van der Waals surface area contributed by atoms with Gasteiger partial charge in [0.1, 0.15) is 11.5 Å². The number of thioether (sulfide) groups is 1. The first-order valence-corrected chi connectivity index (χ1v) is 7.45. The first-order chi connectivity index (χ1) is 10.3. The predicted octanol–water partition coefficient (Wildman–Crippen LogP) is 4.88. The highest BCUT2D eigenvalue weighted by atomic mass is 32.2. The number of hydrogen-bond acceptors (Lipinski definition) is 3. The minimum Gasteiger partial charge on any atom is -0.497 e. The normalized spacial score (nSPS) is 11.3. The highest BCUT2D eigenvalue weighted by Gasteiger charge is 2.13. The fraction of sp³-hybridized carbons (Fsp3) is 0.167. The molecular weight excluding hydrogens is 280 g/mol. The minimum absolute atomic E-state index is 0.105. The van der Waals surface area contributed by atoms with E-state index in [4.69, 9.17) is 9.47 Å². The molecule has 0 fully saturated rings. The third kappa shape index (κ3) is 4.19. The van der Waals surface area contributed by atoms with Gasteiger partial charge >= 0.3 is 0 Å². The molecule has 108 valence electrons. The van der Waals surface area contributed by atoms with Crippen LogP contribution in [0.15, 0.2) is 71.8 Å². The topological polar surface area (TPSA) is 18.5 Å². The SMILES string of the molecule is C=C=CC(Sc1ccccc1)c1cc(OC)cc(OC)c1. The van der Waals surface area contributed by atoms with Crippen LogP contribution in [0.2, 0.25) is 0 Å². The lowest BCUT2D eigenvalue weighted by Crippen LogP contribution is -1.94. The summed E-state index contributed by atoms with van der Waals surface area (Å²) in [6.45, 7) is 3.70. The van der Waals surface area contributed by atoms with E-state index in [0.717, 1.165) is 17.1 Å². The van der Waals surface area contributed by atoms with Gasteiger partial charge in [0, 0.05) is 11.0 Å². The van der Waals surface area contributed by atoms with Gasteiger partial charge in [0.05, 0.1) is 19.5 Å². The van der Waals surface area contributed by atoms with Crippen molar-refractivity contribution >= 4 is 11.8 Å². The van der Waals surface area contributed by atoms with E-state index in [1.807, 2.05) is 42.5 Å². The summed E-state index contributed by atoms with van der Waals surface area (Å²) in [7, 11) is 3.31. The molecule has 2 rings (SSSR count). The summed E-state index contributed by atoms with van der Waals surface area (Å²) in [5.41, 5.74) is 3.98. The van der Waals surface area contributed by atoms with Crippen molar-refractivity contribution in [2.75, 3.05) is 14.2 Å². The summed E-state index contributed by atoms with van der Waals surface area (Å²) in [4.78, 5) is 1.19. The second-order valence-electron chi connectivity index (χ2n) is 4.37. The van der Waals surface area contributed by atoms with Crippen LogP contribution in [-0.4, -0.2) is 14.2 Å². The van der Waals surface area contributed by atoms with E-state index >= 15 is 0 Å². The Morgan fingerprint density at radius 1 is 1.05 bits per heavy atom. The second kappa shape index (κ2) is 7.63. The van der Waals surface area contributed by atoms with Crippen molar-refractivity contribution in [3.63, 3.8) is 0 Å². The number of methoxy groups -OCH3 is 2. The third-order valence-electron chi connectivity index (χ3n) is 2.98. The molecular formula is C18H18O2S. The molecule has 2 nitrogen and oxygen atoms in total. The van der Waals surface area contributed by atoms with Crippen LogP contribution in [-0.2, 0) is 0 Å². The lowest BCUT2D eigenvalue weighted by atomic mass is 10.1. The van der Waals surface area contributed by atoms with E-state index in [0.29, 0.717) is 0 Å². The first-order valence-electron chi connectivity index (χ1n) is 6.57. The summed E-state index contributed by atoms with van der Waals surface area (Å²) in [5.74, 6) is 1.56. The van der Waals surface area contributed by atoms with Gasteiger partial charge in [0.25, 0.3) is 0 Å². The van der Waals surface area contributed by atoms with E-state index in [2.05, 4.69) is 24.4 Å². The zero-order valence-electron chi connectivity index (χ0n) is 12.2. The van der Waals surface area contributed by atoms with Crippen molar-refractivity contribution in [2.45, 2.75) is 10.1 Å². The highest BCUT2D eigenvalue weighted by Crippen LogP contribution is 2.38. The number of benzene rings is 2. The van der Waals surface area contributed by atoms with Gasteiger partial charge in [-0.1, -0.05) is 24.8 Å². The molecule has 0 aromatic heterocycles. The van der Waals surface area contributed by atoms with Crippen LogP contribution < -0.4 is 9.47 Å². The second-order valence-corrected chi connectivity index (χ2v) is 5.58. The van der Waals surface area contributed by atoms with E-state index in [1.54, 1.807) is 26.0 Å². The van der Waals surface area contributed by atoms with Crippen molar-refractivity contribution in [1.82, 2.24) is 0 Å². The molecule has 2 aromatic carbocycles. The van der Waals surface area contributed by atoms with Gasteiger partial charge in [-0.15, -0.1) is 17.5 Å². The molecule has 0 heterocycles. The van der Waals surface area contributed by atoms with Crippen LogP contribution in [0.25, 0.3) is 0 Å². The van der Waals surface area contributed by atoms with Crippen molar-refractivity contribution in [3.05, 3.63) is 72.5 Å². The molecule has 0 spiro atoms. The minimum atomic E-state index is 0.105. The van der Waals surface area contributed by atoms with Crippen LogP contribution >= 0.6 is 11.8 Å². The molecule has 1 unspecified atom stereocenters. The fourth-order valence-corrected chi connectivity index (χ4v) is 2.99. The molecule has 0 radical (unpaired) electrons. The Labute approximate surface area is 130 Å². The number of ether oxygens (including phenoxy) is 2. The third-order valence-corrected chi connectivity index (χ3v) is 4.18. The van der Waals surface area contributed by atoms with Gasteiger partial charge < -0.3 is 9.47 Å². The van der Waals surface area contributed by atoms with Gasteiger partial charge in [0.15, 0.2) is 0 Å². The summed E-state index contributed by atoms with van der Waals surface area (Å²) >= 11 is 1.74. The Hall–Kier alpha value is -2.09. The highest BCUT2D eigenvalue weighted by molar-refractivity contribution is 7.99. The largest absolute Gasteiger partial charge is 0.497 e. The van der Waals surface area contributed by atoms with Crippen molar-refractivity contribution in [1.29, 1.82) is 0 Å². The molecule has 1 atom stereocenters. The average Bonchev–Trinajstić information content (AvgIpc) is 2.55. The van der Waals surface area contributed by atoms with E-state index in [9.17, 15) is 0 Å². The quantitative estimate of drug-likeness (QED) is 0.559. The summed E-state index contributed by atoms with van der Waals surface area (Å²) < 4.78 is 10.7. The van der Waals surface area contributed by atoms with Gasteiger partial charge in [-0.3, -0.25) is 0 Å². The summed E-state index contributed by atoms with van der Waals surface area (Å²) in [6, 6.07) is 16.1. The molecule has 0 aliphatic carbocycles. The van der Waals surface area contributed by atoms with Crippen LogP contribution in [0.5, 0.6) is 11.5 Å². The Morgan fingerprint density at radius 2 is 1.67 bits per heavy atom. The molecule has 0 aliphatic heterocycles. The van der Waals surface area contributed by atoms with Gasteiger partial charge in [0.2, 0.25) is 0 Å². The Balaban J connectivity index is 2.35. The fourth-order valence-electron chi connectivity index (χ4n) is 1.94. The molecule has 0 amide bonds. The average molecular weight is 298 g/mol. The predicted molar refractivity (Wildman–Crippen MR) is 88.3 cm³/mol. The lowest BCUT2D eigenvalue weighted by molar-refractivity contribution is 0.393. The standard InChI is InChI=1S/C18H18O2S/c1-4-8-18(21-17-9-6-5-7-10-17)14-11-15(19-2)13-16(12-14)20-3/h5-13,18H,1H2,2-3H3. The molecule has 3 heteroatoms. The monoisotopic (exact) mass is 298 g/mol. The Bertz CT molecular complexity index is 609. The molecule has 0 saturated heterocycles. The van der Waals surface area contributed by atoms with E-state index in [-0.39, 0.29) is 5.25 Å². The zero-order valence-corrected chi connectivity index (χ0v) is 13.0. The van der Waals surface area contributed by atoms with E-state index < -0.39 is 0 Å². The maximum absolute atomic E-state index is 5.34. The molecule has 0 N–H and O–H groups in total. The zero-order chi connectivity index (χ0) is 15.1. The molecule has 0 aliphatic rings. The lowest BCUT2D eigenvalue weighted by Gasteiger charge is -2.15. The van der Waals surface area contributed by atoms with E-state index in [1.165, 1.54) is 4.90 Å². The van der Waals surface area contributed by atoms with Gasteiger partial charge in [-0.2, -0.15) is 0 Å². The Kier molecular flexibility index (Phi) is 5.56. The van der Waals surface area contributed by atoms with Crippen LogP contribution in [0.4, 0.5) is 0 Å². The van der Waals surface area contributed by atoms with Crippen LogP contribution in [0.1, 0.15) is 10.8 Å². The first kappa shape index (κ1) is 15.3. The van der Waals surface area contributed by atoms with Crippen molar-refractivity contribution in [2.24, 2.45) is 0 Å². The summed E-state index contributed by atoms with van der Waals surface area (Å²) in [6.07, 6.45) is 1.95. The van der Waals surface area contributed by atoms with Gasteiger partial charge in [-0.25, -0.2) is 0 Å². The maximum atomic E-state index is 5.34. The van der Waals surface area contributed by atoms with Crippen molar-refractivity contribution < 1.29 is 9.47 Å². The van der Waals surface area contributed by atoms with Crippen LogP contribution in [0, 0.1) is 0 Å². The van der Waals surface area contributed by atoms with Gasteiger partial charge in [-0.05, 0) is 35.9 Å². The van der Waals surface area contributed by atoms with Crippen LogP contribution in [0.3, 0.4) is 0 Å².